The Morgan fingerprint density at radius 3 is 2.88 bits per heavy atom. The van der Waals surface area contributed by atoms with Gasteiger partial charge in [-0.15, -0.1) is 0 Å². The lowest BCUT2D eigenvalue weighted by Gasteiger charge is -2.14. The maximum atomic E-state index is 11.8. The number of nitrogens with one attached hydrogen (secondary N) is 2. The van der Waals surface area contributed by atoms with Gasteiger partial charge in [-0.3, -0.25) is 0 Å². The highest BCUT2D eigenvalue weighted by Gasteiger charge is 2.25. The van der Waals surface area contributed by atoms with Crippen LogP contribution in [-0.4, -0.2) is 35.2 Å². The molecule has 17 heavy (non-hydrogen) atoms. The number of imidazole rings is 1. The fourth-order valence-corrected chi connectivity index (χ4v) is 3.30. The van der Waals surface area contributed by atoms with Crippen LogP contribution in [0.15, 0.2) is 12.5 Å². The summed E-state index contributed by atoms with van der Waals surface area (Å²) in [4.78, 5) is 6.74. The second-order valence-corrected chi connectivity index (χ2v) is 5.98. The molecule has 0 aliphatic carbocycles. The predicted octanol–water partition coefficient (Wildman–Crippen LogP) is -0.0637. The van der Waals surface area contributed by atoms with E-state index in [1.807, 2.05) is 0 Å². The molecule has 1 aromatic heterocycles. The highest BCUT2D eigenvalue weighted by molar-refractivity contribution is 7.93. The number of hydrogen-bond acceptors (Lipinski definition) is 4. The quantitative estimate of drug-likeness (QED) is 0.606. The van der Waals surface area contributed by atoms with Crippen molar-refractivity contribution >= 4 is 27.2 Å². The first-order valence-electron chi connectivity index (χ1n) is 5.22. The zero-order valence-corrected chi connectivity index (χ0v) is 11.1. The third-order valence-electron chi connectivity index (χ3n) is 2.32. The number of nitrogens with zero attached hydrogens (tertiary/aromatic N) is 1. The average molecular weight is 276 g/mol. The van der Waals surface area contributed by atoms with Gasteiger partial charge < -0.3 is 10.7 Å². The van der Waals surface area contributed by atoms with Crippen LogP contribution in [0.3, 0.4) is 0 Å². The summed E-state index contributed by atoms with van der Waals surface area (Å²) in [5.74, 6) is 0. The van der Waals surface area contributed by atoms with Gasteiger partial charge in [-0.25, -0.2) is 18.1 Å². The van der Waals surface area contributed by atoms with E-state index in [-0.39, 0.29) is 4.99 Å². The summed E-state index contributed by atoms with van der Waals surface area (Å²) in [5, 5.41) is -0.806. The van der Waals surface area contributed by atoms with Gasteiger partial charge in [0.2, 0.25) is 10.0 Å². The fraction of sp³-hybridized carbons (Fsp3) is 0.556. The van der Waals surface area contributed by atoms with Crippen molar-refractivity contribution in [3.63, 3.8) is 0 Å². The summed E-state index contributed by atoms with van der Waals surface area (Å²) in [7, 11) is -3.48. The molecule has 0 fully saturated rings. The number of thiocarbonyl (C=S) groups is 1. The van der Waals surface area contributed by atoms with Gasteiger partial charge in [0.25, 0.3) is 0 Å². The fourth-order valence-electron chi connectivity index (χ4n) is 1.42. The third-order valence-corrected chi connectivity index (χ3v) is 4.69. The smallest absolute Gasteiger partial charge is 0.221 e. The molecule has 0 aliphatic rings. The summed E-state index contributed by atoms with van der Waals surface area (Å²) >= 11 is 4.74. The molecule has 4 N–H and O–H groups in total. The summed E-state index contributed by atoms with van der Waals surface area (Å²) in [6, 6.07) is 0. The lowest BCUT2D eigenvalue weighted by Crippen LogP contribution is -2.42. The first kappa shape index (κ1) is 14.1. The molecule has 1 aromatic rings. The molecule has 0 spiro atoms. The highest BCUT2D eigenvalue weighted by Crippen LogP contribution is 2.04. The number of aromatic amines is 1. The molecule has 1 heterocycles. The molecule has 0 amide bonds. The zero-order valence-electron chi connectivity index (χ0n) is 9.51. The molecule has 0 aromatic carbocycles. The Morgan fingerprint density at radius 1 is 1.71 bits per heavy atom. The Bertz CT molecular complexity index is 455. The van der Waals surface area contributed by atoms with Crippen molar-refractivity contribution in [1.82, 2.24) is 14.7 Å². The van der Waals surface area contributed by atoms with Crippen LogP contribution in [0.1, 0.15) is 19.0 Å². The molecule has 0 saturated carbocycles. The molecule has 8 heteroatoms. The Labute approximate surface area is 106 Å². The summed E-state index contributed by atoms with van der Waals surface area (Å²) in [5.41, 5.74) is 6.27. The Morgan fingerprint density at radius 2 is 2.41 bits per heavy atom. The molecule has 1 atom stereocenters. The van der Waals surface area contributed by atoms with E-state index >= 15 is 0 Å². The summed E-state index contributed by atoms with van der Waals surface area (Å²) in [6.07, 6.45) is 4.12. The van der Waals surface area contributed by atoms with Crippen molar-refractivity contribution in [1.29, 1.82) is 0 Å². The van der Waals surface area contributed by atoms with Crippen LogP contribution in [0.2, 0.25) is 0 Å². The average Bonchev–Trinajstić information content (AvgIpc) is 2.69. The van der Waals surface area contributed by atoms with E-state index in [2.05, 4.69) is 14.7 Å². The maximum Gasteiger partial charge on any atom is 0.221 e. The van der Waals surface area contributed by atoms with Crippen molar-refractivity contribution in [2.24, 2.45) is 5.73 Å². The molecule has 0 radical (unpaired) electrons. The second-order valence-electron chi connectivity index (χ2n) is 3.57. The largest absolute Gasteiger partial charge is 0.392 e. The first-order chi connectivity index (χ1) is 7.97. The molecule has 1 rings (SSSR count). The molecule has 0 bridgehead atoms. The zero-order chi connectivity index (χ0) is 12.9. The SMILES string of the molecule is CCC(C(N)=S)S(=O)(=O)NCCc1cnc[nH]1. The van der Waals surface area contributed by atoms with Crippen molar-refractivity contribution < 1.29 is 8.42 Å². The number of hydrogen-bond donors (Lipinski definition) is 3. The van der Waals surface area contributed by atoms with E-state index in [1.54, 1.807) is 19.4 Å². The van der Waals surface area contributed by atoms with Gasteiger partial charge in [-0.2, -0.15) is 0 Å². The van der Waals surface area contributed by atoms with Gasteiger partial charge in [-0.05, 0) is 6.42 Å². The van der Waals surface area contributed by atoms with E-state index in [9.17, 15) is 8.42 Å². The third kappa shape index (κ3) is 4.06. The first-order valence-corrected chi connectivity index (χ1v) is 7.18. The van der Waals surface area contributed by atoms with E-state index in [0.717, 1.165) is 5.69 Å². The van der Waals surface area contributed by atoms with Gasteiger partial charge in [0, 0.05) is 24.9 Å². The topological polar surface area (TPSA) is 101 Å². The van der Waals surface area contributed by atoms with E-state index in [1.165, 1.54) is 0 Å². The Hall–Kier alpha value is -0.990. The molecule has 96 valence electrons. The van der Waals surface area contributed by atoms with Gasteiger partial charge in [0.1, 0.15) is 5.25 Å². The van der Waals surface area contributed by atoms with E-state index < -0.39 is 15.3 Å². The number of H-pyrrole nitrogens is 1. The van der Waals surface area contributed by atoms with Crippen LogP contribution in [0.4, 0.5) is 0 Å². The maximum absolute atomic E-state index is 11.8. The van der Waals surface area contributed by atoms with Crippen LogP contribution < -0.4 is 10.5 Å². The minimum absolute atomic E-state index is 0.00143. The van der Waals surface area contributed by atoms with Gasteiger partial charge in [0.15, 0.2) is 0 Å². The molecule has 6 nitrogen and oxygen atoms in total. The van der Waals surface area contributed by atoms with E-state index in [0.29, 0.717) is 19.4 Å². The van der Waals surface area contributed by atoms with Crippen LogP contribution in [0, 0.1) is 0 Å². The summed E-state index contributed by atoms with van der Waals surface area (Å²) in [6.45, 7) is 2.03. The van der Waals surface area contributed by atoms with Gasteiger partial charge >= 0.3 is 0 Å². The van der Waals surface area contributed by atoms with Gasteiger partial charge in [-0.1, -0.05) is 19.1 Å². The monoisotopic (exact) mass is 276 g/mol. The van der Waals surface area contributed by atoms with Crippen molar-refractivity contribution in [2.75, 3.05) is 6.54 Å². The van der Waals surface area contributed by atoms with Crippen LogP contribution in [-0.2, 0) is 16.4 Å². The number of aromatic nitrogens is 2. The number of nitrogens with two attached hydrogens (primary N) is 1. The molecule has 0 aliphatic heterocycles. The van der Waals surface area contributed by atoms with Crippen molar-refractivity contribution in [3.05, 3.63) is 18.2 Å². The van der Waals surface area contributed by atoms with Crippen LogP contribution in [0.25, 0.3) is 0 Å². The standard InChI is InChI=1S/C9H16N4O2S2/c1-2-8(9(10)16)17(14,15)13-4-3-7-5-11-6-12-7/h5-6,8,13H,2-4H2,1H3,(H2,10,16)(H,11,12). The van der Waals surface area contributed by atoms with Crippen LogP contribution in [0.5, 0.6) is 0 Å². The molecular formula is C9H16N4O2S2. The molecular weight excluding hydrogens is 260 g/mol. The normalized spacial score (nSPS) is 13.5. The van der Waals surface area contributed by atoms with Gasteiger partial charge in [0.05, 0.1) is 11.3 Å². The highest BCUT2D eigenvalue weighted by atomic mass is 32.2. The summed E-state index contributed by atoms with van der Waals surface area (Å²) < 4.78 is 26.1. The Balaban J connectivity index is 2.52. The van der Waals surface area contributed by atoms with Crippen molar-refractivity contribution in [2.45, 2.75) is 25.0 Å². The molecule has 1 unspecified atom stereocenters. The van der Waals surface area contributed by atoms with E-state index in [4.69, 9.17) is 18.0 Å². The van der Waals surface area contributed by atoms with Crippen LogP contribution >= 0.6 is 12.2 Å². The number of sulfonamides is 1. The lowest BCUT2D eigenvalue weighted by molar-refractivity contribution is 0.574. The molecule has 0 saturated heterocycles. The predicted molar refractivity (Wildman–Crippen MR) is 70.1 cm³/mol. The number of rotatable bonds is 7. The second kappa shape index (κ2) is 6.08. The minimum Gasteiger partial charge on any atom is -0.392 e. The lowest BCUT2D eigenvalue weighted by atomic mass is 10.3. The van der Waals surface area contributed by atoms with Crippen molar-refractivity contribution in [3.8, 4) is 0 Å². The minimum atomic E-state index is -3.48. The Kier molecular flexibility index (Phi) is 5.03.